The van der Waals surface area contributed by atoms with Gasteiger partial charge in [0.05, 0.1) is 0 Å². The lowest BCUT2D eigenvalue weighted by atomic mass is 9.98. The van der Waals surface area contributed by atoms with Gasteiger partial charge in [-0.15, -0.1) is 0 Å². The molecule has 0 unspecified atom stereocenters. The zero-order chi connectivity index (χ0) is 36.8. The normalized spacial score (nSPS) is 13.0. The minimum Gasteiger partial charge on any atom is -0.377 e. The van der Waals surface area contributed by atoms with Gasteiger partial charge in [-0.1, -0.05) is 109 Å². The predicted octanol–water partition coefficient (Wildman–Crippen LogP) is 9.83. The van der Waals surface area contributed by atoms with Gasteiger partial charge in [0.1, 0.15) is 0 Å². The summed E-state index contributed by atoms with van der Waals surface area (Å²) in [6.45, 7) is 0. The lowest BCUT2D eigenvalue weighted by Crippen LogP contribution is -2.63. The summed E-state index contributed by atoms with van der Waals surface area (Å²) in [7, 11) is -7.27. The first-order valence-corrected chi connectivity index (χ1v) is 16.0. The predicted molar refractivity (Wildman–Crippen MR) is 170 cm³/mol. The van der Waals surface area contributed by atoms with Crippen LogP contribution in [0.1, 0.15) is 0 Å². The summed E-state index contributed by atoms with van der Waals surface area (Å²) in [5.74, 6) is -15.3. The van der Waals surface area contributed by atoms with Crippen molar-refractivity contribution in [3.05, 3.63) is 121 Å². The van der Waals surface area contributed by atoms with Gasteiger partial charge in [0.25, 0.3) is 0 Å². The van der Waals surface area contributed by atoms with Gasteiger partial charge in [0.2, 0.25) is 0 Å². The van der Waals surface area contributed by atoms with E-state index < -0.39 is 39.1 Å². The fraction of sp³-hybridized carbons (Fsp3) is 0.114. The Morgan fingerprint density at radius 1 is 0.490 bits per heavy atom. The molecule has 0 aliphatic heterocycles. The van der Waals surface area contributed by atoms with Crippen molar-refractivity contribution in [2.75, 3.05) is 0 Å². The van der Waals surface area contributed by atoms with Crippen molar-refractivity contribution in [2.24, 2.45) is 0 Å². The molecule has 0 radical (unpaired) electrons. The zero-order valence-corrected chi connectivity index (χ0v) is 26.2. The minimum atomic E-state index is -7.48. The number of benzene rings is 5. The van der Waals surface area contributed by atoms with Crippen molar-refractivity contribution in [3.8, 4) is 51.0 Å². The highest BCUT2D eigenvalue weighted by Crippen LogP contribution is 2.55. The third-order valence-corrected chi connectivity index (χ3v) is 8.90. The fourth-order valence-electron chi connectivity index (χ4n) is 5.00. The molecular weight excluding hydrogens is 713 g/mol. The Kier molecular flexibility index (Phi) is 8.78. The average molecular weight is 734 g/mol. The molecule has 0 fully saturated rings. The summed E-state index contributed by atoms with van der Waals surface area (Å²) < 4.78 is 154. The smallest absolute Gasteiger partial charge is 0.377 e. The summed E-state index contributed by atoms with van der Waals surface area (Å²) in [5, 5.41) is -7.22. The summed E-state index contributed by atoms with van der Waals surface area (Å²) in [6, 6.07) is 31.2. The Hall–Kier alpha value is -5.51. The summed E-state index contributed by atoms with van der Waals surface area (Å²) in [4.78, 5) is 13.7. The van der Waals surface area contributed by atoms with Gasteiger partial charge < -0.3 is 4.18 Å². The summed E-state index contributed by atoms with van der Waals surface area (Å²) in [5.41, 5.74) is 1.20. The molecule has 1 aromatic heterocycles. The van der Waals surface area contributed by atoms with Crippen molar-refractivity contribution < 1.29 is 52.1 Å². The maximum atomic E-state index is 14.8. The molecule has 1 heterocycles. The minimum absolute atomic E-state index is 0.0158. The maximum absolute atomic E-state index is 14.8. The largest absolute Gasteiger partial charge is 0.460 e. The molecule has 16 heteroatoms. The second-order valence-corrected chi connectivity index (χ2v) is 12.6. The van der Waals surface area contributed by atoms with Crippen molar-refractivity contribution in [2.45, 2.75) is 23.3 Å². The van der Waals surface area contributed by atoms with Crippen LogP contribution in [0.2, 0.25) is 0 Å². The molecule has 5 aromatic carbocycles. The van der Waals surface area contributed by atoms with Gasteiger partial charge in [-0.05, 0) is 23.1 Å². The molecule has 0 aliphatic carbocycles. The van der Waals surface area contributed by atoms with E-state index in [1.807, 2.05) is 0 Å². The van der Waals surface area contributed by atoms with Crippen LogP contribution in [0.25, 0.3) is 56.1 Å². The second-order valence-electron chi connectivity index (χ2n) is 11.0. The van der Waals surface area contributed by atoms with Crippen LogP contribution in [0.5, 0.6) is 5.75 Å². The lowest BCUT2D eigenvalue weighted by molar-refractivity contribution is -0.382. The van der Waals surface area contributed by atoms with Gasteiger partial charge in [0.15, 0.2) is 23.2 Å². The Morgan fingerprint density at radius 3 is 1.51 bits per heavy atom. The molecule has 6 rings (SSSR count). The standard InChI is InChI=1S/C35H20F9N3O3S/c36-32(37,34(40,41)42)33(38,39)35(43,44)51(48,49)50-28-26-17-8-7-10-21(26)18-19-27(28)24-15-9-16-25(20-24)31-46-29(22-11-3-1-4-12-22)45-30(47-31)23-13-5-2-6-14-23/h1-20H. The van der Waals surface area contributed by atoms with Crippen LogP contribution >= 0.6 is 0 Å². The number of halogens is 9. The zero-order valence-electron chi connectivity index (χ0n) is 25.4. The molecule has 6 nitrogen and oxygen atoms in total. The van der Waals surface area contributed by atoms with Gasteiger partial charge in [-0.25, -0.2) is 15.0 Å². The quantitative estimate of drug-likeness (QED) is 0.109. The molecule has 262 valence electrons. The van der Waals surface area contributed by atoms with Crippen LogP contribution in [0, 0.1) is 0 Å². The Labute approximate surface area is 283 Å². The number of fused-ring (bicyclic) bond motifs is 1. The number of nitrogens with zero attached hydrogens (tertiary/aromatic N) is 3. The van der Waals surface area contributed by atoms with E-state index in [1.54, 1.807) is 66.7 Å². The molecular formula is C35H20F9N3O3S. The van der Waals surface area contributed by atoms with Crippen LogP contribution < -0.4 is 4.18 Å². The van der Waals surface area contributed by atoms with E-state index in [1.165, 1.54) is 48.5 Å². The van der Waals surface area contributed by atoms with Crippen molar-refractivity contribution >= 4 is 20.9 Å². The number of rotatable bonds is 9. The van der Waals surface area contributed by atoms with Gasteiger partial charge in [-0.3, -0.25) is 0 Å². The van der Waals surface area contributed by atoms with E-state index in [-0.39, 0.29) is 44.9 Å². The van der Waals surface area contributed by atoms with Crippen LogP contribution in [0.3, 0.4) is 0 Å². The van der Waals surface area contributed by atoms with Gasteiger partial charge >= 0.3 is 33.4 Å². The van der Waals surface area contributed by atoms with Crippen LogP contribution in [0.4, 0.5) is 39.5 Å². The number of alkyl halides is 9. The molecule has 0 spiro atoms. The van der Waals surface area contributed by atoms with Gasteiger partial charge in [-0.2, -0.15) is 47.9 Å². The van der Waals surface area contributed by atoms with Crippen molar-refractivity contribution in [1.82, 2.24) is 15.0 Å². The average Bonchev–Trinajstić information content (AvgIpc) is 3.11. The Balaban J connectivity index is 1.50. The third kappa shape index (κ3) is 6.24. The molecule has 0 saturated carbocycles. The molecule has 0 amide bonds. The highest BCUT2D eigenvalue weighted by Gasteiger charge is 2.86. The van der Waals surface area contributed by atoms with E-state index in [4.69, 9.17) is 0 Å². The first kappa shape index (κ1) is 35.3. The van der Waals surface area contributed by atoms with Gasteiger partial charge in [0, 0.05) is 27.6 Å². The molecule has 6 aromatic rings. The first-order valence-electron chi connectivity index (χ1n) is 14.6. The van der Waals surface area contributed by atoms with E-state index in [2.05, 4.69) is 19.1 Å². The number of aromatic nitrogens is 3. The van der Waals surface area contributed by atoms with Crippen molar-refractivity contribution in [3.63, 3.8) is 0 Å². The highest BCUT2D eigenvalue weighted by molar-refractivity contribution is 7.88. The lowest BCUT2D eigenvalue weighted by Gasteiger charge is -2.32. The van der Waals surface area contributed by atoms with Crippen LogP contribution in [-0.4, -0.2) is 46.6 Å². The topological polar surface area (TPSA) is 82.0 Å². The van der Waals surface area contributed by atoms with E-state index in [0.29, 0.717) is 11.1 Å². The monoisotopic (exact) mass is 733 g/mol. The van der Waals surface area contributed by atoms with E-state index in [0.717, 1.165) is 6.07 Å². The Bertz CT molecular complexity index is 2280. The fourth-order valence-corrected chi connectivity index (χ4v) is 5.95. The second kappa shape index (κ2) is 12.7. The van der Waals surface area contributed by atoms with E-state index >= 15 is 0 Å². The third-order valence-electron chi connectivity index (χ3n) is 7.63. The molecule has 0 atom stereocenters. The SMILES string of the molecule is O=S(=O)(Oc1c(-c2cccc(-c3nc(-c4ccccc4)nc(-c4ccccc4)n3)c2)ccc2ccccc12)C(F)(F)C(F)(F)C(F)(F)C(F)(F)F. The maximum Gasteiger partial charge on any atom is 0.460 e. The van der Waals surface area contributed by atoms with E-state index in [9.17, 15) is 47.9 Å². The molecule has 0 aliphatic rings. The highest BCUT2D eigenvalue weighted by atomic mass is 32.2. The molecule has 0 bridgehead atoms. The Morgan fingerprint density at radius 2 is 0.961 bits per heavy atom. The summed E-state index contributed by atoms with van der Waals surface area (Å²) >= 11 is 0. The molecule has 51 heavy (non-hydrogen) atoms. The van der Waals surface area contributed by atoms with Crippen LogP contribution in [-0.2, 0) is 10.1 Å². The molecule has 0 N–H and O–H groups in total. The number of hydrogen-bond acceptors (Lipinski definition) is 6. The van der Waals surface area contributed by atoms with Crippen molar-refractivity contribution in [1.29, 1.82) is 0 Å². The number of hydrogen-bond donors (Lipinski definition) is 0. The molecule has 0 saturated heterocycles. The first-order chi connectivity index (χ1) is 23.9. The van der Waals surface area contributed by atoms with Crippen LogP contribution in [0.15, 0.2) is 121 Å². The summed E-state index contributed by atoms with van der Waals surface area (Å²) in [6.07, 6.45) is -7.24.